The molecular formula is C14H16N2O3S2. The van der Waals surface area contributed by atoms with Gasteiger partial charge in [-0.15, -0.1) is 22.7 Å². The van der Waals surface area contributed by atoms with E-state index in [1.807, 2.05) is 24.4 Å². The number of thiophene rings is 1. The molecular weight excluding hydrogens is 308 g/mol. The number of hydrogen-bond donors (Lipinski definition) is 2. The Bertz CT molecular complexity index is 622. The van der Waals surface area contributed by atoms with Crippen LogP contribution in [0.15, 0.2) is 22.9 Å². The number of aromatic nitrogens is 1. The van der Waals surface area contributed by atoms with E-state index < -0.39 is 17.9 Å². The second-order valence-corrected chi connectivity index (χ2v) is 6.50. The van der Waals surface area contributed by atoms with E-state index in [1.54, 1.807) is 23.6 Å². The highest BCUT2D eigenvalue weighted by atomic mass is 32.1. The van der Waals surface area contributed by atoms with Crippen LogP contribution in [0, 0.1) is 5.92 Å². The van der Waals surface area contributed by atoms with Crippen LogP contribution in [0.5, 0.6) is 0 Å². The van der Waals surface area contributed by atoms with Crippen molar-refractivity contribution in [1.82, 2.24) is 10.3 Å². The monoisotopic (exact) mass is 324 g/mol. The summed E-state index contributed by atoms with van der Waals surface area (Å²) in [4.78, 5) is 28.6. The van der Waals surface area contributed by atoms with Crippen molar-refractivity contribution >= 4 is 34.6 Å². The maximum atomic E-state index is 12.1. The molecule has 0 fully saturated rings. The molecule has 1 amide bonds. The van der Waals surface area contributed by atoms with Gasteiger partial charge in [-0.05, 0) is 17.4 Å². The average molecular weight is 324 g/mol. The van der Waals surface area contributed by atoms with Crippen LogP contribution < -0.4 is 5.32 Å². The minimum absolute atomic E-state index is 0.137. The van der Waals surface area contributed by atoms with E-state index in [-0.39, 0.29) is 11.6 Å². The summed E-state index contributed by atoms with van der Waals surface area (Å²) in [6.45, 7) is 3.70. The molecule has 0 bridgehead atoms. The third-order valence-electron chi connectivity index (χ3n) is 3.23. The van der Waals surface area contributed by atoms with Crippen molar-refractivity contribution in [2.24, 2.45) is 5.92 Å². The topological polar surface area (TPSA) is 79.3 Å². The van der Waals surface area contributed by atoms with E-state index in [9.17, 15) is 14.7 Å². The number of carboxylic acids is 1. The normalized spacial score (nSPS) is 13.6. The summed E-state index contributed by atoms with van der Waals surface area (Å²) in [5.74, 6) is -1.60. The van der Waals surface area contributed by atoms with Gasteiger partial charge in [-0.2, -0.15) is 0 Å². The maximum absolute atomic E-state index is 12.1. The zero-order valence-electron chi connectivity index (χ0n) is 11.7. The summed E-state index contributed by atoms with van der Waals surface area (Å²) >= 11 is 2.93. The van der Waals surface area contributed by atoms with Crippen LogP contribution in [-0.2, 0) is 4.79 Å². The van der Waals surface area contributed by atoms with Gasteiger partial charge in [0, 0.05) is 5.38 Å². The van der Waals surface area contributed by atoms with Crippen LogP contribution in [0.3, 0.4) is 0 Å². The average Bonchev–Trinajstić information content (AvgIpc) is 3.12. The van der Waals surface area contributed by atoms with E-state index in [0.29, 0.717) is 6.42 Å². The Morgan fingerprint density at radius 2 is 2.19 bits per heavy atom. The van der Waals surface area contributed by atoms with Gasteiger partial charge in [0.05, 0.1) is 4.88 Å². The van der Waals surface area contributed by atoms with Crippen LogP contribution in [0.25, 0.3) is 9.88 Å². The molecule has 0 aromatic carbocycles. The molecule has 0 saturated heterocycles. The lowest BCUT2D eigenvalue weighted by Crippen LogP contribution is -2.45. The number of carbonyl (C=O) groups is 2. The van der Waals surface area contributed by atoms with Crippen LogP contribution in [0.1, 0.15) is 30.8 Å². The first-order chi connectivity index (χ1) is 10.0. The summed E-state index contributed by atoms with van der Waals surface area (Å²) in [5, 5.41) is 16.1. The second-order valence-electron chi connectivity index (χ2n) is 4.69. The molecule has 0 saturated carbocycles. The standard InChI is InChI=1S/C14H16N2O3S2/c1-3-8(2)11(14(18)19)16-12(17)9-7-21-13(15-9)10-5-4-6-20-10/h4-8,11H,3H2,1-2H3,(H,16,17)(H,18,19)/t8-,11-/m0/s1. The fourth-order valence-corrected chi connectivity index (χ4v) is 3.40. The Morgan fingerprint density at radius 1 is 1.43 bits per heavy atom. The first-order valence-corrected chi connectivity index (χ1v) is 8.32. The lowest BCUT2D eigenvalue weighted by molar-refractivity contribution is -0.140. The highest BCUT2D eigenvalue weighted by Crippen LogP contribution is 2.27. The van der Waals surface area contributed by atoms with Crippen molar-refractivity contribution in [3.63, 3.8) is 0 Å². The van der Waals surface area contributed by atoms with Crippen LogP contribution in [-0.4, -0.2) is 28.0 Å². The van der Waals surface area contributed by atoms with Crippen molar-refractivity contribution in [3.05, 3.63) is 28.6 Å². The number of amides is 1. The van der Waals surface area contributed by atoms with Gasteiger partial charge in [-0.25, -0.2) is 9.78 Å². The Hall–Kier alpha value is -1.73. The first-order valence-electron chi connectivity index (χ1n) is 6.56. The fourth-order valence-electron chi connectivity index (χ4n) is 1.79. The van der Waals surface area contributed by atoms with Gasteiger partial charge in [0.2, 0.25) is 0 Å². The number of rotatable bonds is 6. The van der Waals surface area contributed by atoms with Gasteiger partial charge in [-0.3, -0.25) is 4.79 Å². The molecule has 2 atom stereocenters. The number of carbonyl (C=O) groups excluding carboxylic acids is 1. The molecule has 2 N–H and O–H groups in total. The summed E-state index contributed by atoms with van der Waals surface area (Å²) < 4.78 is 0. The van der Waals surface area contributed by atoms with Gasteiger partial charge >= 0.3 is 5.97 Å². The van der Waals surface area contributed by atoms with Gasteiger partial charge in [0.25, 0.3) is 5.91 Å². The predicted octanol–water partition coefficient (Wildman–Crippen LogP) is 3.10. The summed E-state index contributed by atoms with van der Waals surface area (Å²) in [7, 11) is 0. The third-order valence-corrected chi connectivity index (χ3v) is 5.12. The molecule has 7 heteroatoms. The zero-order chi connectivity index (χ0) is 15.4. The molecule has 0 unspecified atom stereocenters. The molecule has 0 aliphatic rings. The van der Waals surface area contributed by atoms with Gasteiger partial charge < -0.3 is 10.4 Å². The highest BCUT2D eigenvalue weighted by Gasteiger charge is 2.26. The maximum Gasteiger partial charge on any atom is 0.326 e. The van der Waals surface area contributed by atoms with Crippen LogP contribution >= 0.6 is 22.7 Å². The fraction of sp³-hybridized carbons (Fsp3) is 0.357. The second kappa shape index (κ2) is 6.82. The number of thiazole rings is 1. The molecule has 2 rings (SSSR count). The largest absolute Gasteiger partial charge is 0.480 e. The van der Waals surface area contributed by atoms with Crippen molar-refractivity contribution in [3.8, 4) is 9.88 Å². The SMILES string of the molecule is CC[C@H](C)[C@H](NC(=O)c1csc(-c2cccs2)n1)C(=O)O. The highest BCUT2D eigenvalue weighted by molar-refractivity contribution is 7.20. The van der Waals surface area contributed by atoms with Gasteiger partial charge in [0.1, 0.15) is 16.7 Å². The number of carboxylic acid groups (broad SMARTS) is 1. The molecule has 0 aliphatic carbocycles. The lowest BCUT2D eigenvalue weighted by Gasteiger charge is -2.19. The smallest absolute Gasteiger partial charge is 0.326 e. The van der Waals surface area contributed by atoms with E-state index in [1.165, 1.54) is 11.3 Å². The summed E-state index contributed by atoms with van der Waals surface area (Å²) in [5.41, 5.74) is 0.262. The Morgan fingerprint density at radius 3 is 2.76 bits per heavy atom. The van der Waals surface area contributed by atoms with Crippen molar-refractivity contribution < 1.29 is 14.7 Å². The molecule has 5 nitrogen and oxygen atoms in total. The number of aliphatic carboxylic acids is 1. The minimum atomic E-state index is -1.02. The van der Waals surface area contributed by atoms with Crippen molar-refractivity contribution in [2.75, 3.05) is 0 Å². The Balaban J connectivity index is 2.11. The number of nitrogens with zero attached hydrogens (tertiary/aromatic N) is 1. The van der Waals surface area contributed by atoms with Crippen LogP contribution in [0.2, 0.25) is 0 Å². The van der Waals surface area contributed by atoms with E-state index in [0.717, 1.165) is 9.88 Å². The Labute approximate surface area is 130 Å². The third kappa shape index (κ3) is 3.68. The molecule has 2 heterocycles. The summed E-state index contributed by atoms with van der Waals surface area (Å²) in [6.07, 6.45) is 0.675. The van der Waals surface area contributed by atoms with Crippen molar-refractivity contribution in [1.29, 1.82) is 0 Å². The lowest BCUT2D eigenvalue weighted by atomic mass is 9.99. The molecule has 2 aromatic rings. The number of hydrogen-bond acceptors (Lipinski definition) is 5. The molecule has 112 valence electrons. The molecule has 2 aromatic heterocycles. The van der Waals surface area contributed by atoms with Crippen molar-refractivity contribution in [2.45, 2.75) is 26.3 Å². The summed E-state index contributed by atoms with van der Waals surface area (Å²) in [6, 6.07) is 2.96. The van der Waals surface area contributed by atoms with E-state index in [4.69, 9.17) is 0 Å². The Kier molecular flexibility index (Phi) is 5.08. The van der Waals surface area contributed by atoms with E-state index >= 15 is 0 Å². The molecule has 0 radical (unpaired) electrons. The van der Waals surface area contributed by atoms with Gasteiger partial charge in [-0.1, -0.05) is 26.3 Å². The minimum Gasteiger partial charge on any atom is -0.480 e. The van der Waals surface area contributed by atoms with Crippen LogP contribution in [0.4, 0.5) is 0 Å². The zero-order valence-corrected chi connectivity index (χ0v) is 13.3. The predicted molar refractivity (Wildman–Crippen MR) is 83.8 cm³/mol. The molecule has 0 spiro atoms. The molecule has 0 aliphatic heterocycles. The first kappa shape index (κ1) is 15.7. The molecule has 21 heavy (non-hydrogen) atoms. The van der Waals surface area contributed by atoms with Gasteiger partial charge in [0.15, 0.2) is 0 Å². The number of nitrogens with one attached hydrogen (secondary N) is 1. The van der Waals surface area contributed by atoms with E-state index in [2.05, 4.69) is 10.3 Å². The quantitative estimate of drug-likeness (QED) is 0.856.